The van der Waals surface area contributed by atoms with E-state index in [4.69, 9.17) is 9.47 Å². The van der Waals surface area contributed by atoms with Gasteiger partial charge in [0.2, 0.25) is 5.91 Å². The second-order valence-electron chi connectivity index (χ2n) is 6.56. The Labute approximate surface area is 151 Å². The van der Waals surface area contributed by atoms with E-state index in [-0.39, 0.29) is 24.4 Å². The zero-order valence-corrected chi connectivity index (χ0v) is 14.6. The molecule has 3 rings (SSSR count). The second-order valence-corrected chi connectivity index (χ2v) is 6.56. The SMILES string of the molecule is O=C(NCCC(=O)N1CCO[C@]2(CNCCOC2)C1)c1ccccc1F. The number of carbonyl (C=O) groups is 2. The Morgan fingerprint density at radius 2 is 2.15 bits per heavy atom. The van der Waals surface area contributed by atoms with Crippen LogP contribution >= 0.6 is 0 Å². The van der Waals surface area contributed by atoms with Crippen LogP contribution in [0, 0.1) is 5.82 Å². The first-order valence-corrected chi connectivity index (χ1v) is 8.83. The van der Waals surface area contributed by atoms with Gasteiger partial charge in [-0.2, -0.15) is 0 Å². The maximum atomic E-state index is 13.6. The van der Waals surface area contributed by atoms with Crippen LogP contribution in [0.1, 0.15) is 16.8 Å². The van der Waals surface area contributed by atoms with E-state index in [0.29, 0.717) is 39.5 Å². The Bertz CT molecular complexity index is 647. The third-order valence-electron chi connectivity index (χ3n) is 4.58. The number of carbonyl (C=O) groups excluding carboxylic acids is 2. The largest absolute Gasteiger partial charge is 0.377 e. The molecule has 0 bridgehead atoms. The van der Waals surface area contributed by atoms with Crippen molar-refractivity contribution in [3.63, 3.8) is 0 Å². The van der Waals surface area contributed by atoms with E-state index in [0.717, 1.165) is 6.54 Å². The van der Waals surface area contributed by atoms with Gasteiger partial charge in [0.05, 0.1) is 31.9 Å². The van der Waals surface area contributed by atoms with Crippen LogP contribution in [0.25, 0.3) is 0 Å². The molecule has 2 saturated heterocycles. The highest BCUT2D eigenvalue weighted by molar-refractivity contribution is 5.94. The number of morpholine rings is 1. The molecule has 1 atom stereocenters. The van der Waals surface area contributed by atoms with E-state index in [1.165, 1.54) is 18.2 Å². The predicted octanol–water partition coefficient (Wildman–Crippen LogP) is 0.163. The van der Waals surface area contributed by atoms with Gasteiger partial charge in [0.25, 0.3) is 5.91 Å². The summed E-state index contributed by atoms with van der Waals surface area (Å²) in [5.41, 5.74) is -0.534. The predicted molar refractivity (Wildman–Crippen MR) is 92.3 cm³/mol. The molecule has 26 heavy (non-hydrogen) atoms. The van der Waals surface area contributed by atoms with Crippen LogP contribution in [0.2, 0.25) is 0 Å². The van der Waals surface area contributed by atoms with E-state index >= 15 is 0 Å². The molecule has 1 aromatic carbocycles. The van der Waals surface area contributed by atoms with E-state index in [1.807, 2.05) is 0 Å². The molecule has 8 heteroatoms. The van der Waals surface area contributed by atoms with E-state index in [2.05, 4.69) is 10.6 Å². The first-order chi connectivity index (χ1) is 12.6. The molecule has 2 heterocycles. The quantitative estimate of drug-likeness (QED) is 0.795. The maximum absolute atomic E-state index is 13.6. The highest BCUT2D eigenvalue weighted by atomic mass is 19.1. The lowest BCUT2D eigenvalue weighted by Crippen LogP contribution is -2.59. The Kier molecular flexibility index (Phi) is 6.18. The molecule has 2 amide bonds. The normalized spacial score (nSPS) is 23.5. The summed E-state index contributed by atoms with van der Waals surface area (Å²) in [4.78, 5) is 26.2. The molecule has 2 N–H and O–H groups in total. The van der Waals surface area contributed by atoms with Crippen LogP contribution in [0.3, 0.4) is 0 Å². The topological polar surface area (TPSA) is 79.9 Å². The van der Waals surface area contributed by atoms with Gasteiger partial charge < -0.3 is 25.0 Å². The minimum absolute atomic E-state index is 0.0213. The van der Waals surface area contributed by atoms with Crippen LogP contribution in [0.5, 0.6) is 0 Å². The zero-order valence-electron chi connectivity index (χ0n) is 14.6. The summed E-state index contributed by atoms with van der Waals surface area (Å²) in [5.74, 6) is -1.16. The molecule has 0 aromatic heterocycles. The zero-order chi connectivity index (χ0) is 18.4. The van der Waals surface area contributed by atoms with Gasteiger partial charge in [-0.3, -0.25) is 9.59 Å². The third kappa shape index (κ3) is 4.57. The smallest absolute Gasteiger partial charge is 0.254 e. The van der Waals surface area contributed by atoms with Gasteiger partial charge >= 0.3 is 0 Å². The number of ether oxygens (including phenoxy) is 2. The Balaban J connectivity index is 1.48. The van der Waals surface area contributed by atoms with Gasteiger partial charge in [-0.05, 0) is 12.1 Å². The van der Waals surface area contributed by atoms with E-state index in [9.17, 15) is 14.0 Å². The van der Waals surface area contributed by atoms with Crippen molar-refractivity contribution in [2.75, 3.05) is 52.5 Å². The van der Waals surface area contributed by atoms with Gasteiger partial charge in [-0.25, -0.2) is 4.39 Å². The molecular formula is C18H24FN3O4. The number of amides is 2. The molecule has 142 valence electrons. The number of benzene rings is 1. The Morgan fingerprint density at radius 1 is 1.31 bits per heavy atom. The van der Waals surface area contributed by atoms with Crippen LogP contribution in [0.15, 0.2) is 24.3 Å². The molecule has 1 aromatic rings. The Hall–Kier alpha value is -2.03. The Morgan fingerprint density at radius 3 is 3.00 bits per heavy atom. The van der Waals surface area contributed by atoms with Crippen molar-refractivity contribution in [1.82, 2.24) is 15.5 Å². The molecule has 0 radical (unpaired) electrons. The molecule has 1 spiro atoms. The third-order valence-corrected chi connectivity index (χ3v) is 4.58. The van der Waals surface area contributed by atoms with Crippen molar-refractivity contribution in [3.8, 4) is 0 Å². The second kappa shape index (κ2) is 8.57. The van der Waals surface area contributed by atoms with Crippen LogP contribution in [0.4, 0.5) is 4.39 Å². The first-order valence-electron chi connectivity index (χ1n) is 8.83. The molecule has 2 aliphatic heterocycles. The summed E-state index contributed by atoms with van der Waals surface area (Å²) in [6.45, 7) is 4.07. The maximum Gasteiger partial charge on any atom is 0.254 e. The van der Waals surface area contributed by atoms with E-state index in [1.54, 1.807) is 11.0 Å². The number of nitrogens with zero attached hydrogens (tertiary/aromatic N) is 1. The van der Waals surface area contributed by atoms with E-state index < -0.39 is 17.3 Å². The standard InChI is InChI=1S/C18H24FN3O4/c19-15-4-2-1-3-14(15)17(24)21-6-5-16(23)22-8-10-26-18(12-22)11-20-7-9-25-13-18/h1-4,20H,5-13H2,(H,21,24)/t18-/m1/s1. The lowest BCUT2D eigenvalue weighted by atomic mass is 10.0. The highest BCUT2D eigenvalue weighted by Crippen LogP contribution is 2.20. The molecule has 0 saturated carbocycles. The van der Waals surface area contributed by atoms with Crippen molar-refractivity contribution in [1.29, 1.82) is 0 Å². The molecule has 2 aliphatic rings. The van der Waals surface area contributed by atoms with Crippen LogP contribution in [-0.2, 0) is 14.3 Å². The fourth-order valence-corrected chi connectivity index (χ4v) is 3.20. The number of nitrogens with one attached hydrogen (secondary N) is 2. The average molecular weight is 365 g/mol. The minimum Gasteiger partial charge on any atom is -0.377 e. The van der Waals surface area contributed by atoms with Crippen LogP contribution in [-0.4, -0.2) is 74.9 Å². The number of hydrogen-bond donors (Lipinski definition) is 2. The monoisotopic (exact) mass is 365 g/mol. The number of rotatable bonds is 4. The average Bonchev–Trinajstić information content (AvgIpc) is 2.87. The lowest BCUT2D eigenvalue weighted by Gasteiger charge is -2.41. The van der Waals surface area contributed by atoms with Crippen LogP contribution < -0.4 is 10.6 Å². The summed E-state index contributed by atoms with van der Waals surface area (Å²) in [7, 11) is 0. The summed E-state index contributed by atoms with van der Waals surface area (Å²) in [6, 6.07) is 5.77. The van der Waals surface area contributed by atoms with Crippen molar-refractivity contribution in [3.05, 3.63) is 35.6 Å². The minimum atomic E-state index is -0.577. The summed E-state index contributed by atoms with van der Waals surface area (Å²) < 4.78 is 25.0. The summed E-state index contributed by atoms with van der Waals surface area (Å²) in [5, 5.41) is 5.86. The van der Waals surface area contributed by atoms with Gasteiger partial charge in [0.15, 0.2) is 0 Å². The van der Waals surface area contributed by atoms with Crippen molar-refractivity contribution < 1.29 is 23.5 Å². The van der Waals surface area contributed by atoms with Crippen molar-refractivity contribution in [2.45, 2.75) is 12.0 Å². The van der Waals surface area contributed by atoms with Gasteiger partial charge in [0, 0.05) is 32.6 Å². The summed E-state index contributed by atoms with van der Waals surface area (Å²) in [6.07, 6.45) is 0.157. The lowest BCUT2D eigenvalue weighted by molar-refractivity contribution is -0.158. The summed E-state index contributed by atoms with van der Waals surface area (Å²) >= 11 is 0. The fraction of sp³-hybridized carbons (Fsp3) is 0.556. The van der Waals surface area contributed by atoms with Gasteiger partial charge in [-0.15, -0.1) is 0 Å². The molecule has 0 unspecified atom stereocenters. The molecule has 2 fully saturated rings. The molecule has 7 nitrogen and oxygen atoms in total. The molecule has 0 aliphatic carbocycles. The van der Waals surface area contributed by atoms with Gasteiger partial charge in [0.1, 0.15) is 11.4 Å². The first kappa shape index (κ1) is 18.8. The van der Waals surface area contributed by atoms with Gasteiger partial charge in [-0.1, -0.05) is 12.1 Å². The fourth-order valence-electron chi connectivity index (χ4n) is 3.20. The number of halogens is 1. The highest BCUT2D eigenvalue weighted by Gasteiger charge is 2.39. The number of hydrogen-bond acceptors (Lipinski definition) is 5. The van der Waals surface area contributed by atoms with Crippen molar-refractivity contribution in [2.24, 2.45) is 0 Å². The van der Waals surface area contributed by atoms with Crippen molar-refractivity contribution >= 4 is 11.8 Å². The molecular weight excluding hydrogens is 341 g/mol.